The summed E-state index contributed by atoms with van der Waals surface area (Å²) in [5.41, 5.74) is 0. The largest absolute Gasteiger partial charge is 0.396 e. The minimum absolute atomic E-state index is 0.00292. The van der Waals surface area contributed by atoms with E-state index in [1.54, 1.807) is 0 Å². The zero-order chi connectivity index (χ0) is 8.85. The van der Waals surface area contributed by atoms with Gasteiger partial charge < -0.3 is 5.11 Å². The fraction of sp³-hybridized carbons (Fsp3) is 0.714. The maximum absolute atomic E-state index is 10.7. The van der Waals surface area contributed by atoms with Gasteiger partial charge in [0.1, 0.15) is 0 Å². The van der Waals surface area contributed by atoms with E-state index in [9.17, 15) is 9.59 Å². The van der Waals surface area contributed by atoms with Gasteiger partial charge in [0.25, 0.3) is 0 Å². The summed E-state index contributed by atoms with van der Waals surface area (Å²) in [4.78, 5) is 22.5. The van der Waals surface area contributed by atoms with Crippen LogP contribution in [-0.4, -0.2) is 35.0 Å². The smallest absolute Gasteiger partial charge is 0.226 e. The van der Waals surface area contributed by atoms with Crippen molar-refractivity contribution in [2.24, 2.45) is 0 Å². The molecule has 0 heterocycles. The third-order valence-corrected chi connectivity index (χ3v) is 1.30. The third-order valence-electron chi connectivity index (χ3n) is 1.30. The molecule has 0 aliphatic rings. The zero-order valence-electron chi connectivity index (χ0n) is 6.83. The molecule has 0 rings (SSSR count). The number of aliphatic hydroxyl groups excluding tert-OH is 1. The lowest BCUT2D eigenvalue weighted by atomic mass is 10.4. The molecule has 1 N–H and O–H groups in total. The van der Waals surface area contributed by atoms with Crippen molar-refractivity contribution in [3.63, 3.8) is 0 Å². The number of carbonyl (C=O) groups excluding carboxylic acids is 2. The fourth-order valence-corrected chi connectivity index (χ4v) is 0.765. The molecular weight excluding hydrogens is 146 g/mol. The monoisotopic (exact) mass is 159 g/mol. The molecule has 0 fully saturated rings. The molecule has 4 nitrogen and oxygen atoms in total. The molecular formula is C7H13NO3. The predicted molar refractivity (Wildman–Crippen MR) is 39.8 cm³/mol. The highest BCUT2D eigenvalue weighted by atomic mass is 16.3. The summed E-state index contributed by atoms with van der Waals surface area (Å²) in [6.07, 6.45) is 0.444. The van der Waals surface area contributed by atoms with Crippen LogP contribution in [0.5, 0.6) is 0 Å². The molecule has 0 radical (unpaired) electrons. The molecule has 11 heavy (non-hydrogen) atoms. The van der Waals surface area contributed by atoms with E-state index in [1.165, 1.54) is 13.8 Å². The molecule has 0 spiro atoms. The van der Waals surface area contributed by atoms with E-state index in [0.717, 1.165) is 4.90 Å². The predicted octanol–water partition coefficient (Wildman–Crippen LogP) is -0.236. The van der Waals surface area contributed by atoms with E-state index in [1.807, 2.05) is 0 Å². The normalized spacial score (nSPS) is 9.36. The van der Waals surface area contributed by atoms with Gasteiger partial charge in [-0.2, -0.15) is 0 Å². The Morgan fingerprint density at radius 2 is 1.73 bits per heavy atom. The van der Waals surface area contributed by atoms with Crippen LogP contribution in [0.25, 0.3) is 0 Å². The third kappa shape index (κ3) is 3.72. The number of hydrogen-bond donors (Lipinski definition) is 1. The molecule has 0 aromatic rings. The highest BCUT2D eigenvalue weighted by Gasteiger charge is 2.11. The van der Waals surface area contributed by atoms with Crippen LogP contribution in [0.3, 0.4) is 0 Å². The summed E-state index contributed by atoms with van der Waals surface area (Å²) < 4.78 is 0. The van der Waals surface area contributed by atoms with Gasteiger partial charge in [0.05, 0.1) is 0 Å². The van der Waals surface area contributed by atoms with E-state index < -0.39 is 0 Å². The average molecular weight is 159 g/mol. The number of carbonyl (C=O) groups is 2. The van der Waals surface area contributed by atoms with Gasteiger partial charge in [0.2, 0.25) is 11.8 Å². The Balaban J connectivity index is 3.90. The van der Waals surface area contributed by atoms with E-state index in [2.05, 4.69) is 0 Å². The van der Waals surface area contributed by atoms with Crippen LogP contribution >= 0.6 is 0 Å². The van der Waals surface area contributed by atoms with Gasteiger partial charge in [-0.1, -0.05) is 0 Å². The Bertz CT molecular complexity index is 142. The Labute approximate surface area is 65.8 Å². The van der Waals surface area contributed by atoms with Gasteiger partial charge >= 0.3 is 0 Å². The van der Waals surface area contributed by atoms with Gasteiger partial charge in [0.15, 0.2) is 0 Å². The number of rotatable bonds is 3. The Hall–Kier alpha value is -0.900. The van der Waals surface area contributed by atoms with Crippen LogP contribution in [0, 0.1) is 0 Å². The second-order valence-corrected chi connectivity index (χ2v) is 2.27. The van der Waals surface area contributed by atoms with E-state index in [-0.39, 0.29) is 18.4 Å². The quantitative estimate of drug-likeness (QED) is 0.618. The summed E-state index contributed by atoms with van der Waals surface area (Å²) in [7, 11) is 0. The second-order valence-electron chi connectivity index (χ2n) is 2.27. The molecule has 0 aliphatic heterocycles. The Morgan fingerprint density at radius 1 is 1.27 bits per heavy atom. The zero-order valence-corrected chi connectivity index (χ0v) is 6.83. The molecule has 0 aliphatic carbocycles. The lowest BCUT2D eigenvalue weighted by Crippen LogP contribution is -2.34. The first-order valence-corrected chi connectivity index (χ1v) is 3.49. The van der Waals surface area contributed by atoms with Crippen molar-refractivity contribution in [2.75, 3.05) is 13.2 Å². The molecule has 64 valence electrons. The molecule has 0 aromatic carbocycles. The minimum Gasteiger partial charge on any atom is -0.396 e. The van der Waals surface area contributed by atoms with E-state index in [4.69, 9.17) is 5.11 Å². The van der Waals surface area contributed by atoms with Crippen molar-refractivity contribution in [3.05, 3.63) is 0 Å². The van der Waals surface area contributed by atoms with Crippen LogP contribution in [0.4, 0.5) is 0 Å². The highest BCUT2D eigenvalue weighted by molar-refractivity contribution is 5.92. The summed E-state index contributed by atoms with van der Waals surface area (Å²) in [6.45, 7) is 2.97. The number of nitrogens with zero attached hydrogens (tertiary/aromatic N) is 1. The molecule has 0 saturated carbocycles. The van der Waals surface area contributed by atoms with Gasteiger partial charge in [-0.05, 0) is 6.42 Å². The van der Waals surface area contributed by atoms with Gasteiger partial charge in [0, 0.05) is 27.0 Å². The topological polar surface area (TPSA) is 57.6 Å². The van der Waals surface area contributed by atoms with Crippen LogP contribution in [0.2, 0.25) is 0 Å². The summed E-state index contributed by atoms with van der Waals surface area (Å²) in [6, 6.07) is 0. The Kier molecular flexibility index (Phi) is 4.45. The fourth-order valence-electron chi connectivity index (χ4n) is 0.765. The summed E-state index contributed by atoms with van der Waals surface area (Å²) in [5.74, 6) is -0.545. The standard InChI is InChI=1S/C7H13NO3/c1-6(10)8(7(2)11)4-3-5-9/h9H,3-5H2,1-2H3. The average Bonchev–Trinajstić information content (AvgIpc) is 1.87. The lowest BCUT2D eigenvalue weighted by Gasteiger charge is -2.15. The van der Waals surface area contributed by atoms with E-state index in [0.29, 0.717) is 13.0 Å². The molecule has 0 atom stereocenters. The maximum Gasteiger partial charge on any atom is 0.226 e. The molecule has 4 heteroatoms. The number of hydrogen-bond acceptors (Lipinski definition) is 3. The van der Waals surface area contributed by atoms with Gasteiger partial charge in [-0.3, -0.25) is 14.5 Å². The highest BCUT2D eigenvalue weighted by Crippen LogP contribution is 1.92. The number of imide groups is 1. The van der Waals surface area contributed by atoms with Crippen molar-refractivity contribution < 1.29 is 14.7 Å². The summed E-state index contributed by atoms with van der Waals surface area (Å²) >= 11 is 0. The van der Waals surface area contributed by atoms with Crippen LogP contribution < -0.4 is 0 Å². The second kappa shape index (κ2) is 4.85. The van der Waals surface area contributed by atoms with E-state index >= 15 is 0 Å². The van der Waals surface area contributed by atoms with Crippen LogP contribution in [0.1, 0.15) is 20.3 Å². The maximum atomic E-state index is 10.7. The van der Waals surface area contributed by atoms with Crippen LogP contribution in [-0.2, 0) is 9.59 Å². The van der Waals surface area contributed by atoms with Crippen molar-refractivity contribution in [1.82, 2.24) is 4.90 Å². The molecule has 0 saturated heterocycles. The molecule has 2 amide bonds. The molecule has 0 aromatic heterocycles. The minimum atomic E-state index is -0.272. The lowest BCUT2D eigenvalue weighted by molar-refractivity contribution is -0.142. The SMILES string of the molecule is CC(=O)N(CCCO)C(C)=O. The van der Waals surface area contributed by atoms with Crippen molar-refractivity contribution in [1.29, 1.82) is 0 Å². The molecule has 0 bridgehead atoms. The first-order chi connectivity index (χ1) is 5.09. The number of amides is 2. The summed E-state index contributed by atoms with van der Waals surface area (Å²) in [5, 5.41) is 8.43. The van der Waals surface area contributed by atoms with Crippen molar-refractivity contribution in [3.8, 4) is 0 Å². The van der Waals surface area contributed by atoms with Crippen LogP contribution in [0.15, 0.2) is 0 Å². The van der Waals surface area contributed by atoms with Crippen molar-refractivity contribution >= 4 is 11.8 Å². The van der Waals surface area contributed by atoms with Gasteiger partial charge in [-0.25, -0.2) is 0 Å². The Morgan fingerprint density at radius 3 is 2.00 bits per heavy atom. The number of aliphatic hydroxyl groups is 1. The van der Waals surface area contributed by atoms with Crippen molar-refractivity contribution in [2.45, 2.75) is 20.3 Å². The first-order valence-electron chi connectivity index (χ1n) is 3.49. The van der Waals surface area contributed by atoms with Gasteiger partial charge in [-0.15, -0.1) is 0 Å². The molecule has 0 unspecified atom stereocenters. The first kappa shape index (κ1) is 10.1.